The van der Waals surface area contributed by atoms with Gasteiger partial charge in [0, 0.05) is 11.8 Å². The van der Waals surface area contributed by atoms with Gasteiger partial charge in [-0.3, -0.25) is 21.0 Å². The second kappa shape index (κ2) is 7.66. The number of rotatable bonds is 5. The minimum absolute atomic E-state index is 0.0580. The largest absolute Gasteiger partial charge is 0.573 e. The second-order valence-electron chi connectivity index (χ2n) is 4.55. The Bertz CT molecular complexity index is 769. The van der Waals surface area contributed by atoms with Crippen LogP contribution in [0.1, 0.15) is 0 Å². The van der Waals surface area contributed by atoms with Crippen LogP contribution in [0.25, 0.3) is 0 Å². The molecule has 0 radical (unpaired) electrons. The number of anilines is 2. The number of para-hydroxylation sites is 2. The molecule has 0 amide bonds. The molecule has 0 spiro atoms. The zero-order chi connectivity index (χ0) is 18.4. The summed E-state index contributed by atoms with van der Waals surface area (Å²) < 4.78 is 40.0. The number of nitro benzene ring substituents is 1. The van der Waals surface area contributed by atoms with Crippen molar-refractivity contribution in [1.82, 2.24) is 5.43 Å². The topological polar surface area (TPSA) is 88.5 Å². The molecule has 25 heavy (non-hydrogen) atoms. The lowest BCUT2D eigenvalue weighted by molar-refractivity contribution is -0.384. The smallest absolute Gasteiger partial charge is 0.406 e. The Kier molecular flexibility index (Phi) is 5.60. The summed E-state index contributed by atoms with van der Waals surface area (Å²) in [6.45, 7) is 0. The van der Waals surface area contributed by atoms with E-state index in [9.17, 15) is 23.3 Å². The van der Waals surface area contributed by atoms with Gasteiger partial charge in [-0.1, -0.05) is 12.1 Å². The molecule has 0 heterocycles. The number of halogens is 3. The van der Waals surface area contributed by atoms with E-state index in [4.69, 9.17) is 12.2 Å². The Balaban J connectivity index is 1.92. The molecule has 2 aromatic rings. The predicted octanol–water partition coefficient (Wildman–Crippen LogP) is 3.81. The molecule has 0 bridgehead atoms. The number of nitrogens with zero attached hydrogens (tertiary/aromatic N) is 1. The number of benzene rings is 2. The van der Waals surface area contributed by atoms with Gasteiger partial charge < -0.3 is 10.1 Å². The van der Waals surface area contributed by atoms with E-state index in [-0.39, 0.29) is 22.2 Å². The van der Waals surface area contributed by atoms with Crippen molar-refractivity contribution in [3.63, 3.8) is 0 Å². The van der Waals surface area contributed by atoms with Crippen LogP contribution in [0.4, 0.5) is 30.2 Å². The van der Waals surface area contributed by atoms with Crippen LogP contribution in [0.5, 0.6) is 5.75 Å². The SMILES string of the molecule is O=[N+]([O-])c1ccccc1NNC(=S)Nc1ccc(OC(F)(F)F)cc1. The van der Waals surface area contributed by atoms with Crippen molar-refractivity contribution >= 4 is 34.4 Å². The van der Waals surface area contributed by atoms with E-state index in [1.165, 1.54) is 30.3 Å². The summed E-state index contributed by atoms with van der Waals surface area (Å²) in [5, 5.41) is 13.6. The first-order valence-corrected chi connectivity index (χ1v) is 7.08. The number of thiocarbonyl (C=S) groups is 1. The predicted molar refractivity (Wildman–Crippen MR) is 89.2 cm³/mol. The molecule has 0 saturated heterocycles. The Morgan fingerprint density at radius 1 is 1.12 bits per heavy atom. The van der Waals surface area contributed by atoms with Crippen molar-refractivity contribution in [2.24, 2.45) is 0 Å². The summed E-state index contributed by atoms with van der Waals surface area (Å²) >= 11 is 5.00. The van der Waals surface area contributed by atoms with Gasteiger partial charge in [-0.15, -0.1) is 13.2 Å². The molecular formula is C14H11F3N4O3S. The van der Waals surface area contributed by atoms with Gasteiger partial charge in [-0.2, -0.15) is 0 Å². The first kappa shape index (κ1) is 18.3. The first-order valence-electron chi connectivity index (χ1n) is 6.67. The van der Waals surface area contributed by atoms with E-state index in [1.807, 2.05) is 0 Å². The summed E-state index contributed by atoms with van der Waals surface area (Å²) in [7, 11) is 0. The van der Waals surface area contributed by atoms with Crippen LogP contribution in [0.15, 0.2) is 48.5 Å². The minimum atomic E-state index is -4.76. The Morgan fingerprint density at radius 3 is 2.36 bits per heavy atom. The Labute approximate surface area is 144 Å². The molecule has 2 rings (SSSR count). The Morgan fingerprint density at radius 2 is 1.76 bits per heavy atom. The van der Waals surface area contributed by atoms with Crippen LogP contribution in [0.3, 0.4) is 0 Å². The van der Waals surface area contributed by atoms with Gasteiger partial charge >= 0.3 is 6.36 Å². The van der Waals surface area contributed by atoms with Crippen LogP contribution in [0, 0.1) is 10.1 Å². The number of nitrogens with one attached hydrogen (secondary N) is 3. The molecule has 0 saturated carbocycles. The van der Waals surface area contributed by atoms with E-state index in [2.05, 4.69) is 20.9 Å². The molecule has 2 aromatic carbocycles. The average Bonchev–Trinajstić information content (AvgIpc) is 2.53. The summed E-state index contributed by atoms with van der Waals surface area (Å²) in [4.78, 5) is 10.3. The van der Waals surface area contributed by atoms with E-state index in [0.717, 1.165) is 12.1 Å². The number of hydrogen-bond acceptors (Lipinski definition) is 5. The van der Waals surface area contributed by atoms with Crippen molar-refractivity contribution < 1.29 is 22.8 Å². The number of ether oxygens (including phenoxy) is 1. The summed E-state index contributed by atoms with van der Waals surface area (Å²) in [6, 6.07) is 10.8. The van der Waals surface area contributed by atoms with Gasteiger partial charge in [0.1, 0.15) is 11.4 Å². The van der Waals surface area contributed by atoms with Gasteiger partial charge in [-0.05, 0) is 42.5 Å². The third-order valence-electron chi connectivity index (χ3n) is 2.76. The van der Waals surface area contributed by atoms with Gasteiger partial charge in [0.15, 0.2) is 5.11 Å². The van der Waals surface area contributed by atoms with E-state index in [1.54, 1.807) is 6.07 Å². The molecule has 3 N–H and O–H groups in total. The van der Waals surface area contributed by atoms with Crippen molar-refractivity contribution in [2.75, 3.05) is 10.7 Å². The summed E-state index contributed by atoms with van der Waals surface area (Å²) in [5.74, 6) is -0.366. The van der Waals surface area contributed by atoms with Crippen LogP contribution in [0.2, 0.25) is 0 Å². The molecule has 0 aliphatic rings. The molecule has 7 nitrogen and oxygen atoms in total. The number of hydrogen-bond donors (Lipinski definition) is 3. The van der Waals surface area contributed by atoms with Gasteiger partial charge in [-0.25, -0.2) is 0 Å². The van der Waals surface area contributed by atoms with E-state index >= 15 is 0 Å². The maximum Gasteiger partial charge on any atom is 0.573 e. The highest BCUT2D eigenvalue weighted by Gasteiger charge is 2.30. The van der Waals surface area contributed by atoms with E-state index in [0.29, 0.717) is 5.69 Å². The number of alkyl halides is 3. The highest BCUT2D eigenvalue weighted by molar-refractivity contribution is 7.80. The molecule has 0 unspecified atom stereocenters. The van der Waals surface area contributed by atoms with Gasteiger partial charge in [0.05, 0.1) is 4.92 Å². The summed E-state index contributed by atoms with van der Waals surface area (Å²) in [5.41, 5.74) is 5.59. The van der Waals surface area contributed by atoms with E-state index < -0.39 is 11.3 Å². The number of hydrazine groups is 1. The first-order chi connectivity index (χ1) is 11.7. The van der Waals surface area contributed by atoms with Crippen LogP contribution < -0.4 is 20.9 Å². The third-order valence-corrected chi connectivity index (χ3v) is 2.96. The zero-order valence-corrected chi connectivity index (χ0v) is 13.1. The standard InChI is InChI=1S/C14H11F3N4O3S/c15-14(16,17)24-10-7-5-9(6-8-10)18-13(25)20-19-11-3-1-2-4-12(11)21(22)23/h1-8,19H,(H2,18,20,25). The fraction of sp³-hybridized carbons (Fsp3) is 0.0714. The maximum absolute atomic E-state index is 12.1. The highest BCUT2D eigenvalue weighted by Crippen LogP contribution is 2.24. The van der Waals surface area contributed by atoms with Crippen molar-refractivity contribution in [3.8, 4) is 5.75 Å². The van der Waals surface area contributed by atoms with Crippen molar-refractivity contribution in [2.45, 2.75) is 6.36 Å². The van der Waals surface area contributed by atoms with Gasteiger partial charge in [0.2, 0.25) is 0 Å². The van der Waals surface area contributed by atoms with Crippen molar-refractivity contribution in [1.29, 1.82) is 0 Å². The highest BCUT2D eigenvalue weighted by atomic mass is 32.1. The minimum Gasteiger partial charge on any atom is -0.406 e. The fourth-order valence-corrected chi connectivity index (χ4v) is 1.93. The third kappa shape index (κ3) is 5.80. The van der Waals surface area contributed by atoms with Crippen LogP contribution in [-0.4, -0.2) is 16.4 Å². The lowest BCUT2D eigenvalue weighted by Crippen LogP contribution is -2.33. The lowest BCUT2D eigenvalue weighted by atomic mass is 10.3. The zero-order valence-electron chi connectivity index (χ0n) is 12.3. The molecule has 0 aromatic heterocycles. The second-order valence-corrected chi connectivity index (χ2v) is 4.96. The normalized spacial score (nSPS) is 10.7. The van der Waals surface area contributed by atoms with Crippen molar-refractivity contribution in [3.05, 3.63) is 58.6 Å². The molecule has 0 fully saturated rings. The lowest BCUT2D eigenvalue weighted by Gasteiger charge is -2.13. The molecule has 0 aliphatic carbocycles. The molecule has 11 heteroatoms. The van der Waals surface area contributed by atoms with Gasteiger partial charge in [0.25, 0.3) is 5.69 Å². The number of nitro groups is 1. The summed E-state index contributed by atoms with van der Waals surface area (Å²) in [6.07, 6.45) is -4.76. The van der Waals surface area contributed by atoms with Crippen LogP contribution in [-0.2, 0) is 0 Å². The Hall–Kier alpha value is -3.08. The monoisotopic (exact) mass is 372 g/mol. The molecule has 0 atom stereocenters. The van der Waals surface area contributed by atoms with Crippen LogP contribution >= 0.6 is 12.2 Å². The molecular weight excluding hydrogens is 361 g/mol. The average molecular weight is 372 g/mol. The maximum atomic E-state index is 12.1. The quantitative estimate of drug-likeness (QED) is 0.418. The molecule has 0 aliphatic heterocycles. The molecule has 132 valence electrons. The fourth-order valence-electron chi connectivity index (χ4n) is 1.76.